The summed E-state index contributed by atoms with van der Waals surface area (Å²) in [6, 6.07) is 7.76. The van der Waals surface area contributed by atoms with E-state index in [2.05, 4.69) is 4.99 Å². The van der Waals surface area contributed by atoms with Crippen LogP contribution >= 0.6 is 0 Å². The number of ether oxygens (including phenoxy) is 1. The molecule has 2 aromatic rings. The van der Waals surface area contributed by atoms with Gasteiger partial charge >= 0.3 is 11.9 Å². The molecule has 0 N–H and O–H groups in total. The maximum atomic E-state index is 11.8. The van der Waals surface area contributed by atoms with E-state index in [1.54, 1.807) is 0 Å². The number of hydrogen-bond acceptors (Lipinski definition) is 8. The molecule has 1 aromatic carbocycles. The number of furan rings is 1. The minimum absolute atomic E-state index is 0.0257. The van der Waals surface area contributed by atoms with Gasteiger partial charge in [0.2, 0.25) is 5.90 Å². The van der Waals surface area contributed by atoms with E-state index in [4.69, 9.17) is 9.15 Å². The van der Waals surface area contributed by atoms with Crippen molar-refractivity contribution in [1.29, 1.82) is 0 Å². The number of benzene rings is 1. The Morgan fingerprint density at radius 1 is 1.00 bits per heavy atom. The van der Waals surface area contributed by atoms with Gasteiger partial charge in [0, 0.05) is 23.8 Å². The largest absolute Gasteiger partial charge is 0.433 e. The first-order valence-electron chi connectivity index (χ1n) is 6.45. The van der Waals surface area contributed by atoms with Crippen molar-refractivity contribution in [2.24, 2.45) is 4.99 Å². The zero-order valence-corrected chi connectivity index (χ0v) is 11.7. The Morgan fingerprint density at radius 3 is 2.29 bits per heavy atom. The number of nitrogens with zero attached hydrogens (tertiary/aromatic N) is 3. The quantitative estimate of drug-likeness (QED) is 0.363. The number of rotatable bonds is 4. The van der Waals surface area contributed by atoms with Gasteiger partial charge in [0.1, 0.15) is 10.7 Å². The van der Waals surface area contributed by atoms with Crippen molar-refractivity contribution in [1.82, 2.24) is 0 Å². The molecule has 0 bridgehead atoms. The SMILES string of the molecule is O=C1OC(c2ccc([N+](=O)[O-])cc2)=N/C1=C\c1ccc([N+](=O)[O-])o1. The first-order chi connectivity index (χ1) is 11.4. The number of cyclic esters (lactones) is 1. The van der Waals surface area contributed by atoms with E-state index in [9.17, 15) is 25.0 Å². The van der Waals surface area contributed by atoms with Crippen LogP contribution in [0.2, 0.25) is 0 Å². The molecule has 0 unspecified atom stereocenters. The first-order valence-corrected chi connectivity index (χ1v) is 6.45. The van der Waals surface area contributed by atoms with Gasteiger partial charge in [0.15, 0.2) is 5.70 Å². The van der Waals surface area contributed by atoms with Crippen LogP contribution in [0.15, 0.2) is 51.5 Å². The molecule has 0 fully saturated rings. The summed E-state index contributed by atoms with van der Waals surface area (Å²) in [5.41, 5.74) is 0.165. The van der Waals surface area contributed by atoms with E-state index < -0.39 is 21.7 Å². The number of non-ortho nitro benzene ring substituents is 1. The summed E-state index contributed by atoms with van der Waals surface area (Å²) in [6.07, 6.45) is 1.20. The van der Waals surface area contributed by atoms with Gasteiger partial charge in [-0.2, -0.15) is 0 Å². The zero-order chi connectivity index (χ0) is 17.3. The molecule has 0 amide bonds. The number of nitro groups is 2. The number of carbonyl (C=O) groups is 1. The molecule has 0 aliphatic carbocycles. The highest BCUT2D eigenvalue weighted by Gasteiger charge is 2.25. The van der Waals surface area contributed by atoms with Gasteiger partial charge < -0.3 is 9.15 Å². The van der Waals surface area contributed by atoms with Gasteiger partial charge in [-0.15, -0.1) is 0 Å². The predicted octanol–water partition coefficient (Wildman–Crippen LogP) is 2.44. The van der Waals surface area contributed by atoms with Crippen LogP contribution in [0.5, 0.6) is 0 Å². The number of aliphatic imine (C=N–C) groups is 1. The summed E-state index contributed by atoms with van der Waals surface area (Å²) in [5.74, 6) is -1.18. The van der Waals surface area contributed by atoms with Gasteiger partial charge in [-0.1, -0.05) is 0 Å². The van der Waals surface area contributed by atoms with E-state index >= 15 is 0 Å². The fourth-order valence-electron chi connectivity index (χ4n) is 1.91. The molecule has 1 aliphatic heterocycles. The smallest absolute Gasteiger partial charge is 0.402 e. The molecule has 0 spiro atoms. The molecule has 0 saturated carbocycles. The molecule has 3 rings (SSSR count). The maximum Gasteiger partial charge on any atom is 0.433 e. The van der Waals surface area contributed by atoms with Gasteiger partial charge in [-0.3, -0.25) is 20.2 Å². The maximum absolute atomic E-state index is 11.8. The van der Waals surface area contributed by atoms with Crippen molar-refractivity contribution in [3.05, 3.63) is 73.6 Å². The third-order valence-corrected chi connectivity index (χ3v) is 3.02. The Bertz CT molecular complexity index is 909. The van der Waals surface area contributed by atoms with Crippen LogP contribution in [0, 0.1) is 20.2 Å². The predicted molar refractivity (Wildman–Crippen MR) is 79.1 cm³/mol. The summed E-state index contributed by atoms with van der Waals surface area (Å²) in [5, 5.41) is 21.2. The molecule has 1 aromatic heterocycles. The monoisotopic (exact) mass is 329 g/mol. The molecule has 0 atom stereocenters. The van der Waals surface area contributed by atoms with Gasteiger partial charge in [-0.25, -0.2) is 9.79 Å². The third kappa shape index (κ3) is 2.88. The molecular formula is C14H7N3O7. The van der Waals surface area contributed by atoms with Crippen molar-refractivity contribution in [2.45, 2.75) is 0 Å². The lowest BCUT2D eigenvalue weighted by atomic mass is 10.2. The Hall–Kier alpha value is -3.82. The molecule has 120 valence electrons. The molecular weight excluding hydrogens is 322 g/mol. The fourth-order valence-corrected chi connectivity index (χ4v) is 1.91. The number of carbonyl (C=O) groups excluding carboxylic acids is 1. The average Bonchev–Trinajstić information content (AvgIpc) is 3.15. The van der Waals surface area contributed by atoms with Gasteiger partial charge in [0.25, 0.3) is 5.69 Å². The van der Waals surface area contributed by atoms with E-state index in [-0.39, 0.29) is 23.0 Å². The van der Waals surface area contributed by atoms with Crippen molar-refractivity contribution in [2.75, 3.05) is 0 Å². The van der Waals surface area contributed by atoms with Crippen LogP contribution in [0.1, 0.15) is 11.3 Å². The molecule has 2 heterocycles. The lowest BCUT2D eigenvalue weighted by Crippen LogP contribution is -2.05. The third-order valence-electron chi connectivity index (χ3n) is 3.02. The standard InChI is InChI=1S/C14H7N3O7/c18-14-11(7-10-5-6-12(23-10)17(21)22)15-13(24-14)8-1-3-9(4-2-8)16(19)20/h1-7H/b11-7-. The second-order valence-corrected chi connectivity index (χ2v) is 4.57. The lowest BCUT2D eigenvalue weighted by molar-refractivity contribution is -0.402. The second kappa shape index (κ2) is 5.76. The summed E-state index contributed by atoms with van der Waals surface area (Å²) < 4.78 is 9.90. The first kappa shape index (κ1) is 15.1. The van der Waals surface area contributed by atoms with Crippen LogP contribution in [0.4, 0.5) is 11.6 Å². The summed E-state index contributed by atoms with van der Waals surface area (Å²) >= 11 is 0. The highest BCUT2D eigenvalue weighted by atomic mass is 16.6. The molecule has 10 nitrogen and oxygen atoms in total. The minimum atomic E-state index is -0.762. The Kier molecular flexibility index (Phi) is 3.62. The van der Waals surface area contributed by atoms with E-state index in [0.717, 1.165) is 6.07 Å². The molecule has 1 aliphatic rings. The Labute approximate surface area is 133 Å². The summed E-state index contributed by atoms with van der Waals surface area (Å²) in [6.45, 7) is 0. The van der Waals surface area contributed by atoms with Gasteiger partial charge in [0.05, 0.1) is 11.0 Å². The fraction of sp³-hybridized carbons (Fsp3) is 0. The van der Waals surface area contributed by atoms with Crippen LogP contribution in [0.25, 0.3) is 6.08 Å². The van der Waals surface area contributed by atoms with E-state index in [1.165, 1.54) is 36.4 Å². The van der Waals surface area contributed by atoms with Crippen LogP contribution in [-0.2, 0) is 9.53 Å². The summed E-state index contributed by atoms with van der Waals surface area (Å²) in [4.78, 5) is 35.7. The zero-order valence-electron chi connectivity index (χ0n) is 11.7. The van der Waals surface area contributed by atoms with Crippen LogP contribution in [0.3, 0.4) is 0 Å². The molecule has 0 radical (unpaired) electrons. The highest BCUT2D eigenvalue weighted by molar-refractivity contribution is 6.12. The highest BCUT2D eigenvalue weighted by Crippen LogP contribution is 2.23. The molecule has 0 saturated heterocycles. The normalized spacial score (nSPS) is 15.2. The number of esters is 1. The minimum Gasteiger partial charge on any atom is -0.402 e. The molecule has 24 heavy (non-hydrogen) atoms. The topological polar surface area (TPSA) is 138 Å². The molecule has 10 heteroatoms. The van der Waals surface area contributed by atoms with Crippen molar-refractivity contribution in [3.63, 3.8) is 0 Å². The van der Waals surface area contributed by atoms with E-state index in [1.807, 2.05) is 0 Å². The van der Waals surface area contributed by atoms with Crippen molar-refractivity contribution >= 4 is 29.5 Å². The van der Waals surface area contributed by atoms with Crippen molar-refractivity contribution in [3.8, 4) is 0 Å². The van der Waals surface area contributed by atoms with Gasteiger partial charge in [-0.05, 0) is 18.2 Å². The van der Waals surface area contributed by atoms with E-state index in [0.29, 0.717) is 5.56 Å². The second-order valence-electron chi connectivity index (χ2n) is 4.57. The number of hydrogen-bond donors (Lipinski definition) is 0. The van der Waals surface area contributed by atoms with Crippen LogP contribution in [-0.4, -0.2) is 21.7 Å². The van der Waals surface area contributed by atoms with Crippen LogP contribution < -0.4 is 0 Å². The Morgan fingerprint density at radius 2 is 1.71 bits per heavy atom. The number of nitro benzene ring substituents is 1. The Balaban J connectivity index is 1.87. The average molecular weight is 329 g/mol. The van der Waals surface area contributed by atoms with Crippen molar-refractivity contribution < 1.29 is 23.8 Å². The lowest BCUT2D eigenvalue weighted by Gasteiger charge is -1.98. The summed E-state index contributed by atoms with van der Waals surface area (Å²) in [7, 11) is 0.